The molecule has 0 saturated heterocycles. The van der Waals surface area contributed by atoms with Gasteiger partial charge in [-0.3, -0.25) is 15.0 Å². The summed E-state index contributed by atoms with van der Waals surface area (Å²) in [5.74, 6) is 0.323. The van der Waals surface area contributed by atoms with Gasteiger partial charge in [-0.2, -0.15) is 0 Å². The van der Waals surface area contributed by atoms with Crippen molar-refractivity contribution in [1.82, 2.24) is 19.5 Å². The van der Waals surface area contributed by atoms with E-state index in [1.54, 1.807) is 0 Å². The lowest BCUT2D eigenvalue weighted by Gasteiger charge is -2.37. The Morgan fingerprint density at radius 1 is 0.470 bits per heavy atom. The molecule has 4 heterocycles. The van der Waals surface area contributed by atoms with E-state index in [0.29, 0.717) is 5.92 Å². The Labute approximate surface area is 385 Å². The molecule has 0 aliphatic heterocycles. The lowest BCUT2D eigenvalue weighted by atomic mass is 9.65. The lowest BCUT2D eigenvalue weighted by Crippen LogP contribution is -2.38. The summed E-state index contributed by atoms with van der Waals surface area (Å²) in [6, 6.07) is 62.6. The summed E-state index contributed by atoms with van der Waals surface area (Å²) >= 11 is 0. The molecule has 5 nitrogen and oxygen atoms in total. The van der Waals surface area contributed by atoms with E-state index in [9.17, 15) is 0 Å². The fourth-order valence-corrected chi connectivity index (χ4v) is 12.2. The first-order valence-electron chi connectivity index (χ1n) is 22.9. The molecule has 3 aliphatic carbocycles. The zero-order valence-corrected chi connectivity index (χ0v) is 37.0. The minimum absolute atomic E-state index is 0.323. The molecule has 13 rings (SSSR count). The molecule has 4 aromatic heterocycles. The molecule has 10 aromatic rings. The fourth-order valence-electron chi connectivity index (χ4n) is 12.2. The van der Waals surface area contributed by atoms with Crippen LogP contribution in [-0.4, -0.2) is 19.5 Å². The van der Waals surface area contributed by atoms with Crippen LogP contribution < -0.4 is 4.57 Å². The SMILES string of the molecule is CC(C)c1ccnc(C2(c3cncc(C4(c5cncc(C6(n7[c-][n+](C)cc7)c7ccccc7-c7ccccc76)c5)c5ccccc5-c5ccccc54)c3)c3ccccc3-c3ccccc32)c1. The topological polar surface area (TPSA) is 47.5 Å². The zero-order valence-electron chi connectivity index (χ0n) is 37.0. The van der Waals surface area contributed by atoms with E-state index in [1.165, 1.54) is 72.3 Å². The average molecular weight is 848 g/mol. The maximum absolute atomic E-state index is 5.33. The van der Waals surface area contributed by atoms with Crippen LogP contribution in [0.5, 0.6) is 0 Å². The highest BCUT2D eigenvalue weighted by Gasteiger charge is 2.53. The van der Waals surface area contributed by atoms with Crippen LogP contribution in [0.25, 0.3) is 33.4 Å². The largest absolute Gasteiger partial charge is 0.354 e. The molecule has 0 atom stereocenters. The van der Waals surface area contributed by atoms with E-state index >= 15 is 0 Å². The van der Waals surface area contributed by atoms with Gasteiger partial charge in [0.25, 0.3) is 0 Å². The molecule has 5 heteroatoms. The third-order valence-electron chi connectivity index (χ3n) is 14.9. The van der Waals surface area contributed by atoms with Gasteiger partial charge in [-0.1, -0.05) is 159 Å². The minimum Gasteiger partial charge on any atom is -0.354 e. The zero-order chi connectivity index (χ0) is 44.2. The third kappa shape index (κ3) is 4.95. The van der Waals surface area contributed by atoms with Crippen molar-refractivity contribution in [3.05, 3.63) is 286 Å². The van der Waals surface area contributed by atoms with Gasteiger partial charge in [0.15, 0.2) is 5.54 Å². The van der Waals surface area contributed by atoms with Gasteiger partial charge in [-0.25, -0.2) is 0 Å². The van der Waals surface area contributed by atoms with Gasteiger partial charge < -0.3 is 9.13 Å². The first-order chi connectivity index (χ1) is 32.5. The number of benzene rings is 6. The van der Waals surface area contributed by atoms with E-state index in [2.05, 4.69) is 232 Å². The van der Waals surface area contributed by atoms with Crippen molar-refractivity contribution in [3.8, 4) is 33.4 Å². The van der Waals surface area contributed by atoms with Crippen LogP contribution >= 0.6 is 0 Å². The number of nitrogens with zero attached hydrogens (tertiary/aromatic N) is 5. The molecular formula is C61H45N5. The first-order valence-corrected chi connectivity index (χ1v) is 22.9. The minimum atomic E-state index is -0.810. The number of hydrogen-bond acceptors (Lipinski definition) is 3. The Kier molecular flexibility index (Phi) is 8.29. The third-order valence-corrected chi connectivity index (χ3v) is 14.9. The van der Waals surface area contributed by atoms with Crippen molar-refractivity contribution in [2.45, 2.75) is 36.1 Å². The van der Waals surface area contributed by atoms with Crippen LogP contribution in [-0.2, 0) is 23.4 Å². The number of pyridine rings is 3. The smallest absolute Gasteiger partial charge is 0.204 e. The summed E-state index contributed by atoms with van der Waals surface area (Å²) in [7, 11) is 2.04. The molecule has 0 radical (unpaired) electrons. The van der Waals surface area contributed by atoms with Crippen molar-refractivity contribution in [2.24, 2.45) is 7.05 Å². The summed E-state index contributed by atoms with van der Waals surface area (Å²) in [5.41, 5.74) is 18.7. The summed E-state index contributed by atoms with van der Waals surface area (Å²) in [5, 5.41) is 0. The molecule has 0 bridgehead atoms. The van der Waals surface area contributed by atoms with Gasteiger partial charge in [-0.15, -0.1) is 0 Å². The Morgan fingerprint density at radius 2 is 0.864 bits per heavy atom. The molecule has 0 unspecified atom stereocenters. The highest BCUT2D eigenvalue weighted by molar-refractivity contribution is 5.89. The first kappa shape index (κ1) is 38.4. The Hall–Kier alpha value is -8.02. The monoisotopic (exact) mass is 847 g/mol. The fraction of sp³-hybridized carbons (Fsp3) is 0.115. The second kappa shape index (κ2) is 14.2. The lowest BCUT2D eigenvalue weighted by molar-refractivity contribution is -0.675. The van der Waals surface area contributed by atoms with E-state index in [0.717, 1.165) is 27.9 Å². The molecule has 6 aromatic carbocycles. The van der Waals surface area contributed by atoms with Gasteiger partial charge in [0, 0.05) is 47.7 Å². The van der Waals surface area contributed by atoms with Crippen LogP contribution in [0.1, 0.15) is 86.7 Å². The number of aryl methyl sites for hydroxylation is 1. The van der Waals surface area contributed by atoms with Gasteiger partial charge in [-0.05, 0) is 120 Å². The number of rotatable bonds is 7. The molecular weight excluding hydrogens is 803 g/mol. The van der Waals surface area contributed by atoms with Crippen LogP contribution in [0.4, 0.5) is 0 Å². The maximum atomic E-state index is 5.33. The van der Waals surface area contributed by atoms with Gasteiger partial charge >= 0.3 is 0 Å². The average Bonchev–Trinajstić information content (AvgIpc) is 4.11. The van der Waals surface area contributed by atoms with E-state index in [-0.39, 0.29) is 0 Å². The summed E-state index contributed by atoms with van der Waals surface area (Å²) in [6.45, 7) is 4.51. The molecule has 0 N–H and O–H groups in total. The Morgan fingerprint density at radius 3 is 1.32 bits per heavy atom. The van der Waals surface area contributed by atoms with Crippen LogP contribution in [0, 0.1) is 6.33 Å². The predicted molar refractivity (Wildman–Crippen MR) is 260 cm³/mol. The number of imidazole rings is 1. The molecule has 66 heavy (non-hydrogen) atoms. The molecule has 3 aliphatic rings. The van der Waals surface area contributed by atoms with Crippen molar-refractivity contribution in [3.63, 3.8) is 0 Å². The molecule has 0 spiro atoms. The maximum Gasteiger partial charge on any atom is 0.204 e. The molecule has 0 fully saturated rings. The van der Waals surface area contributed by atoms with Gasteiger partial charge in [0.1, 0.15) is 0 Å². The van der Waals surface area contributed by atoms with Crippen molar-refractivity contribution >= 4 is 0 Å². The Balaban J connectivity index is 1.13. The van der Waals surface area contributed by atoms with Crippen molar-refractivity contribution in [2.75, 3.05) is 0 Å². The Bertz CT molecular complexity index is 3440. The number of fused-ring (bicyclic) bond motifs is 9. The number of hydrogen-bond donors (Lipinski definition) is 0. The van der Waals surface area contributed by atoms with Crippen molar-refractivity contribution in [1.29, 1.82) is 0 Å². The second-order valence-electron chi connectivity index (χ2n) is 18.4. The highest BCUT2D eigenvalue weighted by Crippen LogP contribution is 2.60. The van der Waals surface area contributed by atoms with E-state index in [1.807, 2.05) is 17.8 Å². The van der Waals surface area contributed by atoms with Gasteiger partial charge in [0.05, 0.1) is 23.6 Å². The van der Waals surface area contributed by atoms with Crippen LogP contribution in [0.3, 0.4) is 0 Å². The van der Waals surface area contributed by atoms with Crippen LogP contribution in [0.15, 0.2) is 213 Å². The summed E-state index contributed by atoms with van der Waals surface area (Å²) < 4.78 is 4.26. The summed E-state index contributed by atoms with van der Waals surface area (Å²) in [4.78, 5) is 15.9. The van der Waals surface area contributed by atoms with Crippen LogP contribution in [0.2, 0.25) is 0 Å². The second-order valence-corrected chi connectivity index (χ2v) is 18.4. The standard InChI is InChI=1S/C61H45N5/c1-40(2)41-28-29-64-58(32-41)60(54-24-12-6-18-48(54)49-19-7-13-25-55(49)60)44-33-42(35-62-37-44)59(52-22-10-4-16-46(52)47-17-5-11-23-53(47)59)43-34-45(38-63-36-43)61(66-31-30-65(3)39-66)56-26-14-8-20-50(56)51-21-9-15-27-57(51)61/h4-38,40H,1-3H3. The summed E-state index contributed by atoms with van der Waals surface area (Å²) in [6.07, 6.45) is 18.2. The number of aromatic nitrogens is 5. The molecule has 0 saturated carbocycles. The quantitative estimate of drug-likeness (QED) is 0.119. The van der Waals surface area contributed by atoms with E-state index < -0.39 is 16.4 Å². The normalized spacial score (nSPS) is 15.1. The molecule has 314 valence electrons. The predicted octanol–water partition coefficient (Wildman–Crippen LogP) is 12.0. The van der Waals surface area contributed by atoms with Gasteiger partial charge in [0.2, 0.25) is 6.33 Å². The highest BCUT2D eigenvalue weighted by atomic mass is 15.2. The van der Waals surface area contributed by atoms with Crippen molar-refractivity contribution < 1.29 is 4.57 Å². The molecule has 0 amide bonds. The van der Waals surface area contributed by atoms with E-state index in [4.69, 9.17) is 15.0 Å².